The molecule has 2 fully saturated rings. The molecule has 2 aliphatic carbocycles. The van der Waals surface area contributed by atoms with Crippen molar-refractivity contribution in [3.8, 4) is 0 Å². The summed E-state index contributed by atoms with van der Waals surface area (Å²) in [7, 11) is 1.65. The van der Waals surface area contributed by atoms with Gasteiger partial charge in [0.2, 0.25) is 0 Å². The van der Waals surface area contributed by atoms with E-state index in [-0.39, 0.29) is 11.9 Å². The van der Waals surface area contributed by atoms with Crippen molar-refractivity contribution in [2.45, 2.75) is 77.5 Å². The third kappa shape index (κ3) is 4.37. The Labute approximate surface area is 178 Å². The van der Waals surface area contributed by atoms with Gasteiger partial charge in [-0.05, 0) is 56.9 Å². The smallest absolute Gasteiger partial charge is 0.274 e. The van der Waals surface area contributed by atoms with Gasteiger partial charge >= 0.3 is 0 Å². The van der Waals surface area contributed by atoms with E-state index in [9.17, 15) is 4.79 Å². The molecule has 0 radical (unpaired) electrons. The largest absolute Gasteiger partial charge is 0.378 e. The number of methoxy groups -OCH3 is 1. The van der Waals surface area contributed by atoms with E-state index in [0.29, 0.717) is 35.9 Å². The van der Waals surface area contributed by atoms with E-state index < -0.39 is 0 Å². The zero-order chi connectivity index (χ0) is 21.1. The van der Waals surface area contributed by atoms with Crippen molar-refractivity contribution in [3.05, 3.63) is 29.5 Å². The first-order chi connectivity index (χ1) is 14.6. The number of ether oxygens (including phenoxy) is 2. The second-order valence-electron chi connectivity index (χ2n) is 8.88. The van der Waals surface area contributed by atoms with Gasteiger partial charge in [0.15, 0.2) is 11.3 Å². The summed E-state index contributed by atoms with van der Waals surface area (Å²) in [5.41, 5.74) is 2.79. The van der Waals surface area contributed by atoms with Crippen LogP contribution in [-0.4, -0.2) is 46.1 Å². The molecule has 0 aromatic carbocycles. The number of unbranched alkanes of at least 4 members (excludes halogenated alkanes) is 1. The number of nitrogens with zero attached hydrogens (tertiary/aromatic N) is 3. The third-order valence-corrected chi connectivity index (χ3v) is 6.70. The highest BCUT2D eigenvalue weighted by atomic mass is 16.5. The van der Waals surface area contributed by atoms with Gasteiger partial charge in [-0.3, -0.25) is 9.20 Å². The highest BCUT2D eigenvalue weighted by molar-refractivity contribution is 5.98. The maximum atomic E-state index is 13.2. The molecule has 2 unspecified atom stereocenters. The van der Waals surface area contributed by atoms with Gasteiger partial charge in [-0.25, -0.2) is 9.97 Å². The monoisotopic (exact) mass is 414 g/mol. The molecule has 1 N–H and O–H groups in total. The lowest BCUT2D eigenvalue weighted by atomic mass is 9.67. The van der Waals surface area contributed by atoms with Crippen LogP contribution in [0.4, 0.5) is 0 Å². The summed E-state index contributed by atoms with van der Waals surface area (Å²) in [6, 6.07) is 2.17. The first-order valence-electron chi connectivity index (χ1n) is 11.4. The highest BCUT2D eigenvalue weighted by Crippen LogP contribution is 2.41. The molecule has 2 aromatic rings. The van der Waals surface area contributed by atoms with Gasteiger partial charge < -0.3 is 14.8 Å². The fourth-order valence-electron chi connectivity index (χ4n) is 5.24. The third-order valence-electron chi connectivity index (χ3n) is 6.70. The summed E-state index contributed by atoms with van der Waals surface area (Å²) in [5.74, 6) is 0.854. The number of amides is 1. The minimum atomic E-state index is -0.119. The second-order valence-corrected chi connectivity index (χ2v) is 8.88. The Bertz CT molecular complexity index is 867. The molecule has 7 nitrogen and oxygen atoms in total. The first-order valence-corrected chi connectivity index (χ1v) is 11.4. The standard InChI is InChI=1S/C23H34N4O3/c1-4-5-9-30-19-11-16-7-6-8-17(12-19)20(16)26-23(28)21-22-25-18(13-29-3)10-15(2)27(22)14-24-21/h10,14,16-17,19-20H,4-9,11-13H2,1-3H3,(H,26,28)/t16-,17+,19?,20?. The Morgan fingerprint density at radius 3 is 2.77 bits per heavy atom. The van der Waals surface area contributed by atoms with Crippen LogP contribution in [0.25, 0.3) is 5.65 Å². The molecule has 2 aliphatic rings. The van der Waals surface area contributed by atoms with E-state index in [1.807, 2.05) is 17.4 Å². The van der Waals surface area contributed by atoms with Crippen LogP contribution in [0.5, 0.6) is 0 Å². The molecular formula is C23H34N4O3. The lowest BCUT2D eigenvalue weighted by Crippen LogP contribution is -2.52. The van der Waals surface area contributed by atoms with Crippen LogP contribution in [0.15, 0.2) is 12.4 Å². The number of carbonyl (C=O) groups excluding carboxylic acids is 1. The fraction of sp³-hybridized carbons (Fsp3) is 0.696. The highest BCUT2D eigenvalue weighted by Gasteiger charge is 2.41. The number of carbonyl (C=O) groups is 1. The first kappa shape index (κ1) is 21.2. The number of imidazole rings is 1. The zero-order valence-electron chi connectivity index (χ0n) is 18.4. The Hall–Kier alpha value is -1.99. The molecule has 0 aliphatic heterocycles. The van der Waals surface area contributed by atoms with Crippen LogP contribution in [-0.2, 0) is 16.1 Å². The predicted molar refractivity (Wildman–Crippen MR) is 114 cm³/mol. The van der Waals surface area contributed by atoms with Crippen LogP contribution in [0.2, 0.25) is 0 Å². The average Bonchev–Trinajstić information content (AvgIpc) is 3.13. The summed E-state index contributed by atoms with van der Waals surface area (Å²) in [6.07, 6.45) is 9.97. The van der Waals surface area contributed by atoms with Crippen LogP contribution in [0.1, 0.15) is 73.7 Å². The van der Waals surface area contributed by atoms with Crippen LogP contribution < -0.4 is 5.32 Å². The van der Waals surface area contributed by atoms with Crippen molar-refractivity contribution < 1.29 is 14.3 Å². The molecule has 2 saturated carbocycles. The molecular weight excluding hydrogens is 380 g/mol. The van der Waals surface area contributed by atoms with E-state index in [1.54, 1.807) is 13.4 Å². The zero-order valence-corrected chi connectivity index (χ0v) is 18.4. The number of rotatable bonds is 8. The summed E-state index contributed by atoms with van der Waals surface area (Å²) < 4.78 is 13.2. The summed E-state index contributed by atoms with van der Waals surface area (Å²) in [4.78, 5) is 22.2. The van der Waals surface area contributed by atoms with Crippen molar-refractivity contribution in [2.24, 2.45) is 11.8 Å². The van der Waals surface area contributed by atoms with Gasteiger partial charge in [-0.15, -0.1) is 0 Å². The number of aryl methyl sites for hydroxylation is 1. The maximum Gasteiger partial charge on any atom is 0.274 e. The normalized spacial score (nSPS) is 26.1. The molecule has 0 saturated heterocycles. The van der Waals surface area contributed by atoms with Gasteiger partial charge in [-0.2, -0.15) is 0 Å². The van der Waals surface area contributed by atoms with Gasteiger partial charge in [0.25, 0.3) is 5.91 Å². The quantitative estimate of drug-likeness (QED) is 0.667. The van der Waals surface area contributed by atoms with E-state index >= 15 is 0 Å². The molecule has 4 rings (SSSR count). The van der Waals surface area contributed by atoms with Crippen molar-refractivity contribution in [2.75, 3.05) is 13.7 Å². The van der Waals surface area contributed by atoms with Gasteiger partial charge in [0.1, 0.15) is 6.33 Å². The topological polar surface area (TPSA) is 77.8 Å². The van der Waals surface area contributed by atoms with E-state index in [2.05, 4.69) is 22.2 Å². The van der Waals surface area contributed by atoms with Crippen molar-refractivity contribution in [1.82, 2.24) is 19.7 Å². The number of hydrogen-bond acceptors (Lipinski definition) is 5. The Balaban J connectivity index is 1.49. The lowest BCUT2D eigenvalue weighted by Gasteiger charge is -2.45. The molecule has 164 valence electrons. The van der Waals surface area contributed by atoms with E-state index in [4.69, 9.17) is 9.47 Å². The average molecular weight is 415 g/mol. The summed E-state index contributed by atoms with van der Waals surface area (Å²) >= 11 is 0. The number of hydrogen-bond donors (Lipinski definition) is 1. The predicted octanol–water partition coefficient (Wildman–Crippen LogP) is 3.68. The van der Waals surface area contributed by atoms with Crippen molar-refractivity contribution >= 4 is 11.6 Å². The maximum absolute atomic E-state index is 13.2. The summed E-state index contributed by atoms with van der Waals surface area (Å²) in [5, 5.41) is 3.33. The Morgan fingerprint density at radius 2 is 2.07 bits per heavy atom. The number of fused-ring (bicyclic) bond motifs is 3. The molecule has 0 spiro atoms. The molecule has 2 bridgehead atoms. The molecule has 30 heavy (non-hydrogen) atoms. The number of nitrogens with one attached hydrogen (secondary N) is 1. The van der Waals surface area contributed by atoms with Crippen molar-refractivity contribution in [1.29, 1.82) is 0 Å². The Kier molecular flexibility index (Phi) is 6.68. The SMILES string of the molecule is CCCCOC1C[C@H]2CCC[C@@H](C1)C2NC(=O)c1ncn2c(C)cc(COC)nc12. The van der Waals surface area contributed by atoms with Crippen LogP contribution in [0, 0.1) is 18.8 Å². The van der Waals surface area contributed by atoms with Crippen LogP contribution in [0.3, 0.4) is 0 Å². The van der Waals surface area contributed by atoms with E-state index in [0.717, 1.165) is 56.5 Å². The fourth-order valence-corrected chi connectivity index (χ4v) is 5.24. The Morgan fingerprint density at radius 1 is 1.30 bits per heavy atom. The second kappa shape index (κ2) is 9.43. The summed E-state index contributed by atoms with van der Waals surface area (Å²) in [6.45, 7) is 5.45. The van der Waals surface area contributed by atoms with Crippen LogP contribution >= 0.6 is 0 Å². The van der Waals surface area contributed by atoms with Crippen molar-refractivity contribution in [3.63, 3.8) is 0 Å². The van der Waals surface area contributed by atoms with E-state index in [1.165, 1.54) is 6.42 Å². The molecule has 2 heterocycles. The minimum Gasteiger partial charge on any atom is -0.378 e. The molecule has 7 heteroatoms. The molecule has 4 atom stereocenters. The molecule has 1 amide bonds. The minimum absolute atomic E-state index is 0.119. The number of aromatic nitrogens is 3. The molecule has 2 aromatic heterocycles. The van der Waals surface area contributed by atoms with Gasteiger partial charge in [0.05, 0.1) is 18.4 Å². The van der Waals surface area contributed by atoms with Gasteiger partial charge in [-0.1, -0.05) is 19.8 Å². The van der Waals surface area contributed by atoms with Gasteiger partial charge in [0, 0.05) is 25.5 Å². The lowest BCUT2D eigenvalue weighted by molar-refractivity contribution is -0.0329.